The van der Waals surface area contributed by atoms with Gasteiger partial charge in [0.25, 0.3) is 11.8 Å². The summed E-state index contributed by atoms with van der Waals surface area (Å²) in [5.74, 6) is -0.618. The van der Waals surface area contributed by atoms with Gasteiger partial charge < -0.3 is 10.2 Å². The van der Waals surface area contributed by atoms with Crippen LogP contribution in [0.5, 0.6) is 0 Å². The topological polar surface area (TPSA) is 86.8 Å². The third-order valence-corrected chi connectivity index (χ3v) is 6.23. The fourth-order valence-electron chi connectivity index (χ4n) is 3.52. The highest BCUT2D eigenvalue weighted by Gasteiger charge is 2.36. The van der Waals surface area contributed by atoms with E-state index in [1.807, 2.05) is 0 Å². The van der Waals surface area contributed by atoms with Crippen molar-refractivity contribution in [3.63, 3.8) is 0 Å². The first kappa shape index (κ1) is 21.3. The molecular formula is C21H26ClN3O4. The number of imide groups is 1. The lowest BCUT2D eigenvalue weighted by atomic mass is 9.93. The summed E-state index contributed by atoms with van der Waals surface area (Å²) in [6, 6.07) is 6.71. The Morgan fingerprint density at radius 2 is 1.66 bits per heavy atom. The van der Waals surface area contributed by atoms with Gasteiger partial charge >= 0.3 is 0 Å². The van der Waals surface area contributed by atoms with E-state index in [1.54, 1.807) is 43.0 Å². The zero-order valence-corrected chi connectivity index (χ0v) is 17.5. The molecule has 0 aliphatic carbocycles. The molecule has 0 bridgehead atoms. The molecule has 0 aromatic heterocycles. The van der Waals surface area contributed by atoms with Crippen LogP contribution in [0, 0.1) is 5.41 Å². The van der Waals surface area contributed by atoms with Crippen molar-refractivity contribution < 1.29 is 19.2 Å². The predicted octanol–water partition coefficient (Wildman–Crippen LogP) is 2.04. The number of hydrogen-bond acceptors (Lipinski definition) is 4. The van der Waals surface area contributed by atoms with Gasteiger partial charge in [-0.1, -0.05) is 12.1 Å². The first-order valence-corrected chi connectivity index (χ1v) is 10.4. The van der Waals surface area contributed by atoms with Gasteiger partial charge in [-0.2, -0.15) is 0 Å². The third kappa shape index (κ3) is 4.45. The molecule has 7 nitrogen and oxygen atoms in total. The average molecular weight is 420 g/mol. The number of rotatable bonds is 6. The molecule has 29 heavy (non-hydrogen) atoms. The zero-order valence-electron chi connectivity index (χ0n) is 16.7. The van der Waals surface area contributed by atoms with Crippen molar-refractivity contribution in [2.75, 3.05) is 25.5 Å². The number of amides is 4. The Hall–Kier alpha value is -2.41. The van der Waals surface area contributed by atoms with Gasteiger partial charge in [-0.3, -0.25) is 24.1 Å². The molecule has 0 unspecified atom stereocenters. The lowest BCUT2D eigenvalue weighted by Crippen LogP contribution is -2.50. The highest BCUT2D eigenvalue weighted by Crippen LogP contribution is 2.23. The Bertz CT molecular complexity index is 796. The van der Waals surface area contributed by atoms with Gasteiger partial charge in [0.2, 0.25) is 11.8 Å². The number of piperidine rings is 1. The van der Waals surface area contributed by atoms with Crippen molar-refractivity contribution in [3.8, 4) is 0 Å². The van der Waals surface area contributed by atoms with Crippen LogP contribution in [0.4, 0.5) is 0 Å². The van der Waals surface area contributed by atoms with E-state index in [9.17, 15) is 19.2 Å². The first-order chi connectivity index (χ1) is 13.7. The van der Waals surface area contributed by atoms with Crippen LogP contribution in [-0.2, 0) is 9.59 Å². The molecule has 0 radical (unpaired) electrons. The normalized spacial score (nSPS) is 17.5. The van der Waals surface area contributed by atoms with E-state index in [0.717, 1.165) is 4.90 Å². The summed E-state index contributed by atoms with van der Waals surface area (Å²) in [5.41, 5.74) is 0.156. The Labute approximate surface area is 175 Å². The molecule has 2 aliphatic rings. The van der Waals surface area contributed by atoms with Crippen LogP contribution >= 0.6 is 11.6 Å². The van der Waals surface area contributed by atoms with E-state index in [-0.39, 0.29) is 48.5 Å². The van der Waals surface area contributed by atoms with Crippen molar-refractivity contribution in [1.82, 2.24) is 15.1 Å². The number of halogens is 1. The highest BCUT2D eigenvalue weighted by molar-refractivity contribution is 6.21. The molecule has 8 heteroatoms. The van der Waals surface area contributed by atoms with Crippen LogP contribution in [0.1, 0.15) is 53.8 Å². The van der Waals surface area contributed by atoms with Crippen LogP contribution in [0.3, 0.4) is 0 Å². The van der Waals surface area contributed by atoms with Gasteiger partial charge in [0.05, 0.1) is 16.5 Å². The summed E-state index contributed by atoms with van der Waals surface area (Å²) >= 11 is 5.84. The Kier molecular flexibility index (Phi) is 6.27. The minimum absolute atomic E-state index is 0.0188. The molecule has 1 fully saturated rings. The maximum atomic E-state index is 12.5. The molecule has 2 heterocycles. The third-order valence-electron chi connectivity index (χ3n) is 5.56. The molecule has 1 aromatic carbocycles. The number of hydrogen-bond donors (Lipinski definition) is 1. The van der Waals surface area contributed by atoms with Crippen molar-refractivity contribution >= 4 is 35.2 Å². The molecule has 0 saturated carbocycles. The van der Waals surface area contributed by atoms with Crippen LogP contribution < -0.4 is 5.32 Å². The Morgan fingerprint density at radius 1 is 1.10 bits per heavy atom. The number of carbonyl (C=O) groups is 4. The highest BCUT2D eigenvalue weighted by atomic mass is 35.5. The van der Waals surface area contributed by atoms with E-state index >= 15 is 0 Å². The maximum absolute atomic E-state index is 12.5. The molecule has 2 aliphatic heterocycles. The van der Waals surface area contributed by atoms with Gasteiger partial charge in [-0.15, -0.1) is 11.6 Å². The smallest absolute Gasteiger partial charge is 0.261 e. The van der Waals surface area contributed by atoms with Gasteiger partial charge in [0.15, 0.2) is 0 Å². The maximum Gasteiger partial charge on any atom is 0.261 e. The van der Waals surface area contributed by atoms with E-state index in [4.69, 9.17) is 11.6 Å². The number of fused-ring (bicyclic) bond motifs is 1. The van der Waals surface area contributed by atoms with E-state index in [0.29, 0.717) is 37.1 Å². The van der Waals surface area contributed by atoms with Crippen molar-refractivity contribution in [2.24, 2.45) is 5.41 Å². The standard InChI is InChI=1S/C21H26ClN3O4/c1-21(2,13-22)20(29)23-14-7-10-24(11-8-14)17(26)9-12-25-18(27)15-5-3-4-6-16(15)19(25)28/h3-6,14H,7-13H2,1-2H3,(H,23,29). The molecule has 4 amide bonds. The molecule has 1 N–H and O–H groups in total. The summed E-state index contributed by atoms with van der Waals surface area (Å²) in [5, 5.41) is 3.01. The van der Waals surface area contributed by atoms with Crippen LogP contribution in [0.15, 0.2) is 24.3 Å². The van der Waals surface area contributed by atoms with Crippen LogP contribution in [-0.4, -0.2) is 65.0 Å². The quantitative estimate of drug-likeness (QED) is 0.564. The Balaban J connectivity index is 1.47. The van der Waals surface area contributed by atoms with Crippen molar-refractivity contribution in [1.29, 1.82) is 0 Å². The van der Waals surface area contributed by atoms with E-state index < -0.39 is 5.41 Å². The fourth-order valence-corrected chi connectivity index (χ4v) is 3.64. The predicted molar refractivity (Wildman–Crippen MR) is 109 cm³/mol. The van der Waals surface area contributed by atoms with Gasteiger partial charge in [-0.25, -0.2) is 0 Å². The number of carbonyl (C=O) groups excluding carboxylic acids is 4. The molecule has 3 rings (SSSR count). The number of nitrogens with one attached hydrogen (secondary N) is 1. The van der Waals surface area contributed by atoms with Gasteiger partial charge in [0, 0.05) is 38.0 Å². The Morgan fingerprint density at radius 3 is 2.17 bits per heavy atom. The molecule has 1 saturated heterocycles. The number of benzene rings is 1. The molecule has 156 valence electrons. The minimum atomic E-state index is -0.624. The average Bonchev–Trinajstić information content (AvgIpc) is 2.97. The number of alkyl halides is 1. The van der Waals surface area contributed by atoms with Gasteiger partial charge in [0.1, 0.15) is 0 Å². The number of likely N-dealkylation sites (tertiary alicyclic amines) is 1. The zero-order chi connectivity index (χ0) is 21.2. The lowest BCUT2D eigenvalue weighted by molar-refractivity contribution is -0.133. The first-order valence-electron chi connectivity index (χ1n) is 9.84. The fraction of sp³-hybridized carbons (Fsp3) is 0.524. The minimum Gasteiger partial charge on any atom is -0.353 e. The summed E-state index contributed by atoms with van der Waals surface area (Å²) in [7, 11) is 0. The summed E-state index contributed by atoms with van der Waals surface area (Å²) in [4.78, 5) is 52.4. The second-order valence-corrected chi connectivity index (χ2v) is 8.47. The second kappa shape index (κ2) is 8.53. The van der Waals surface area contributed by atoms with Gasteiger partial charge in [-0.05, 0) is 38.8 Å². The molecule has 0 atom stereocenters. The van der Waals surface area contributed by atoms with E-state index in [1.165, 1.54) is 0 Å². The van der Waals surface area contributed by atoms with Crippen molar-refractivity contribution in [3.05, 3.63) is 35.4 Å². The number of nitrogens with zero attached hydrogens (tertiary/aromatic N) is 2. The molecule has 0 spiro atoms. The summed E-state index contributed by atoms with van der Waals surface area (Å²) in [6.45, 7) is 4.74. The lowest BCUT2D eigenvalue weighted by Gasteiger charge is -2.34. The summed E-state index contributed by atoms with van der Waals surface area (Å²) in [6.07, 6.45) is 1.44. The van der Waals surface area contributed by atoms with Crippen LogP contribution in [0.2, 0.25) is 0 Å². The summed E-state index contributed by atoms with van der Waals surface area (Å²) < 4.78 is 0. The van der Waals surface area contributed by atoms with Crippen molar-refractivity contribution in [2.45, 2.75) is 39.2 Å². The van der Waals surface area contributed by atoms with E-state index in [2.05, 4.69) is 5.32 Å². The monoisotopic (exact) mass is 419 g/mol. The molecular weight excluding hydrogens is 394 g/mol. The van der Waals surface area contributed by atoms with Crippen LogP contribution in [0.25, 0.3) is 0 Å². The molecule has 1 aromatic rings. The SMILES string of the molecule is CC(C)(CCl)C(=O)NC1CCN(C(=O)CCN2C(=O)c3ccccc3C2=O)CC1. The second-order valence-electron chi connectivity index (χ2n) is 8.20. The largest absolute Gasteiger partial charge is 0.353 e.